The molecule has 21 heavy (non-hydrogen) atoms. The topological polar surface area (TPSA) is 59.6 Å². The van der Waals surface area contributed by atoms with E-state index in [1.807, 2.05) is 45.0 Å². The molecule has 0 fully saturated rings. The lowest BCUT2D eigenvalue weighted by atomic mass is 10.1. The number of rotatable bonds is 6. The summed E-state index contributed by atoms with van der Waals surface area (Å²) in [5.74, 6) is 2.01. The van der Waals surface area contributed by atoms with E-state index < -0.39 is 0 Å². The molecule has 3 N–H and O–H groups in total. The largest absolute Gasteiger partial charge is 0.488 e. The number of nitrogens with zero attached hydrogens (tertiary/aromatic N) is 1. The Morgan fingerprint density at radius 2 is 1.95 bits per heavy atom. The Hall–Kier alpha value is -1.71. The van der Waals surface area contributed by atoms with Crippen molar-refractivity contribution < 1.29 is 4.74 Å². The Kier molecular flexibility index (Phi) is 6.53. The van der Waals surface area contributed by atoms with Crippen LogP contribution >= 0.6 is 0 Å². The van der Waals surface area contributed by atoms with Crippen molar-refractivity contribution in [3.63, 3.8) is 0 Å². The average molecular weight is 291 g/mol. The van der Waals surface area contributed by atoms with Gasteiger partial charge < -0.3 is 15.8 Å². The van der Waals surface area contributed by atoms with Crippen molar-refractivity contribution in [2.24, 2.45) is 16.6 Å². The van der Waals surface area contributed by atoms with E-state index in [9.17, 15) is 0 Å². The van der Waals surface area contributed by atoms with Crippen LogP contribution in [0.25, 0.3) is 0 Å². The molecule has 0 amide bonds. The summed E-state index contributed by atoms with van der Waals surface area (Å²) < 4.78 is 5.95. The second kappa shape index (κ2) is 7.91. The summed E-state index contributed by atoms with van der Waals surface area (Å²) in [6, 6.07) is 7.95. The van der Waals surface area contributed by atoms with Crippen LogP contribution in [0.4, 0.5) is 0 Å². The monoisotopic (exact) mass is 291 g/mol. The van der Waals surface area contributed by atoms with Crippen LogP contribution in [0.3, 0.4) is 0 Å². The maximum absolute atomic E-state index is 5.95. The number of guanidine groups is 1. The number of nitrogens with one attached hydrogen (secondary N) is 1. The van der Waals surface area contributed by atoms with Crippen molar-refractivity contribution in [1.82, 2.24) is 5.32 Å². The molecule has 4 heteroatoms. The van der Waals surface area contributed by atoms with E-state index in [-0.39, 0.29) is 5.60 Å². The van der Waals surface area contributed by atoms with Gasteiger partial charge in [0.1, 0.15) is 11.4 Å². The highest BCUT2D eigenvalue weighted by Gasteiger charge is 2.13. The van der Waals surface area contributed by atoms with Crippen LogP contribution in [0.2, 0.25) is 0 Å². The van der Waals surface area contributed by atoms with Crippen molar-refractivity contribution >= 4 is 5.96 Å². The van der Waals surface area contributed by atoms with Crippen molar-refractivity contribution in [1.29, 1.82) is 0 Å². The number of para-hydroxylation sites is 1. The number of benzene rings is 1. The first kappa shape index (κ1) is 17.3. The molecule has 0 spiro atoms. The van der Waals surface area contributed by atoms with Gasteiger partial charge in [0.2, 0.25) is 0 Å². The summed E-state index contributed by atoms with van der Waals surface area (Å²) in [7, 11) is 0. The lowest BCUT2D eigenvalue weighted by molar-refractivity contribution is 0.129. The molecule has 0 aliphatic heterocycles. The highest BCUT2D eigenvalue weighted by molar-refractivity contribution is 5.77. The molecule has 0 atom stereocenters. The highest BCUT2D eigenvalue weighted by Crippen LogP contribution is 2.23. The van der Waals surface area contributed by atoms with E-state index in [0.29, 0.717) is 18.4 Å². The Bertz CT molecular complexity index is 461. The van der Waals surface area contributed by atoms with Crippen LogP contribution in [-0.2, 0) is 6.54 Å². The van der Waals surface area contributed by atoms with Gasteiger partial charge in [0.25, 0.3) is 0 Å². The molecule has 0 saturated heterocycles. The minimum atomic E-state index is -0.221. The highest BCUT2D eigenvalue weighted by atomic mass is 16.5. The third-order valence-electron chi connectivity index (χ3n) is 2.84. The third-order valence-corrected chi connectivity index (χ3v) is 2.84. The maximum atomic E-state index is 5.95. The molecule has 0 unspecified atom stereocenters. The van der Waals surface area contributed by atoms with Gasteiger partial charge >= 0.3 is 0 Å². The molecule has 118 valence electrons. The Balaban J connectivity index is 2.62. The second-order valence-corrected chi connectivity index (χ2v) is 6.63. The van der Waals surface area contributed by atoms with Crippen molar-refractivity contribution in [2.45, 2.75) is 53.2 Å². The summed E-state index contributed by atoms with van der Waals surface area (Å²) in [5, 5.41) is 3.14. The zero-order valence-electron chi connectivity index (χ0n) is 13.9. The van der Waals surface area contributed by atoms with E-state index >= 15 is 0 Å². The van der Waals surface area contributed by atoms with Crippen molar-refractivity contribution in [3.05, 3.63) is 29.8 Å². The van der Waals surface area contributed by atoms with Gasteiger partial charge in [-0.3, -0.25) is 0 Å². The minimum Gasteiger partial charge on any atom is -0.488 e. The first-order valence-electron chi connectivity index (χ1n) is 7.58. The summed E-state index contributed by atoms with van der Waals surface area (Å²) in [6.07, 6.45) is 1.08. The summed E-state index contributed by atoms with van der Waals surface area (Å²) >= 11 is 0. The SMILES string of the molecule is CC(C)CCNC(N)=NCc1ccccc1OC(C)(C)C. The lowest BCUT2D eigenvalue weighted by Gasteiger charge is -2.23. The Morgan fingerprint density at radius 3 is 2.57 bits per heavy atom. The fourth-order valence-corrected chi connectivity index (χ4v) is 1.78. The quantitative estimate of drug-likeness (QED) is 0.624. The molecular formula is C17H29N3O. The van der Waals surface area contributed by atoms with Crippen LogP contribution in [0.15, 0.2) is 29.3 Å². The second-order valence-electron chi connectivity index (χ2n) is 6.63. The van der Waals surface area contributed by atoms with Crippen LogP contribution in [0.1, 0.15) is 46.6 Å². The normalized spacial score (nSPS) is 12.6. The Morgan fingerprint density at radius 1 is 1.29 bits per heavy atom. The molecule has 1 rings (SSSR count). The summed E-state index contributed by atoms with van der Waals surface area (Å²) in [6.45, 7) is 11.9. The number of aliphatic imine (C=N–C) groups is 1. The summed E-state index contributed by atoms with van der Waals surface area (Å²) in [5.41, 5.74) is 6.70. The van der Waals surface area contributed by atoms with Gasteiger partial charge in [-0.2, -0.15) is 0 Å². The molecule has 0 aliphatic carbocycles. The summed E-state index contributed by atoms with van der Waals surface area (Å²) in [4.78, 5) is 4.39. The number of nitrogens with two attached hydrogens (primary N) is 1. The minimum absolute atomic E-state index is 0.221. The number of hydrogen-bond donors (Lipinski definition) is 2. The van der Waals surface area contributed by atoms with Crippen LogP contribution < -0.4 is 15.8 Å². The molecule has 1 aromatic rings. The average Bonchev–Trinajstić information content (AvgIpc) is 2.35. The lowest BCUT2D eigenvalue weighted by Crippen LogP contribution is -2.33. The van der Waals surface area contributed by atoms with E-state index in [4.69, 9.17) is 10.5 Å². The van der Waals surface area contributed by atoms with E-state index in [2.05, 4.69) is 24.2 Å². The molecule has 0 saturated carbocycles. The number of hydrogen-bond acceptors (Lipinski definition) is 2. The zero-order chi connectivity index (χ0) is 15.9. The van der Waals surface area contributed by atoms with E-state index in [1.54, 1.807) is 0 Å². The molecule has 0 aromatic heterocycles. The first-order chi connectivity index (χ1) is 9.78. The van der Waals surface area contributed by atoms with Gasteiger partial charge in [-0.1, -0.05) is 32.0 Å². The predicted molar refractivity (Wildman–Crippen MR) is 89.6 cm³/mol. The van der Waals surface area contributed by atoms with E-state index in [0.717, 1.165) is 24.3 Å². The number of ether oxygens (including phenoxy) is 1. The first-order valence-corrected chi connectivity index (χ1v) is 7.58. The van der Waals surface area contributed by atoms with Crippen molar-refractivity contribution in [3.8, 4) is 5.75 Å². The van der Waals surface area contributed by atoms with Gasteiger partial charge in [0.15, 0.2) is 5.96 Å². The molecule has 4 nitrogen and oxygen atoms in total. The molecule has 0 heterocycles. The van der Waals surface area contributed by atoms with Gasteiger partial charge in [0, 0.05) is 12.1 Å². The van der Waals surface area contributed by atoms with Gasteiger partial charge in [-0.05, 0) is 39.2 Å². The third kappa shape index (κ3) is 7.59. The smallest absolute Gasteiger partial charge is 0.188 e. The van der Waals surface area contributed by atoms with Gasteiger partial charge in [0.05, 0.1) is 6.54 Å². The zero-order valence-corrected chi connectivity index (χ0v) is 13.9. The fraction of sp³-hybridized carbons (Fsp3) is 0.588. The fourth-order valence-electron chi connectivity index (χ4n) is 1.78. The molecule has 0 bridgehead atoms. The van der Waals surface area contributed by atoms with Crippen LogP contribution in [0, 0.1) is 5.92 Å². The standard InChI is InChI=1S/C17H29N3O/c1-13(2)10-11-19-16(18)20-12-14-8-6-7-9-15(14)21-17(3,4)5/h6-9,13H,10-12H2,1-5H3,(H3,18,19,20). The van der Waals surface area contributed by atoms with Crippen LogP contribution in [0.5, 0.6) is 5.75 Å². The van der Waals surface area contributed by atoms with Crippen molar-refractivity contribution in [2.75, 3.05) is 6.54 Å². The van der Waals surface area contributed by atoms with Gasteiger partial charge in [-0.15, -0.1) is 0 Å². The van der Waals surface area contributed by atoms with E-state index in [1.165, 1.54) is 0 Å². The molecule has 1 aromatic carbocycles. The van der Waals surface area contributed by atoms with Crippen LogP contribution in [-0.4, -0.2) is 18.1 Å². The Labute approximate surface area is 128 Å². The maximum Gasteiger partial charge on any atom is 0.188 e. The predicted octanol–water partition coefficient (Wildman–Crippen LogP) is 3.31. The molecule has 0 radical (unpaired) electrons. The molecular weight excluding hydrogens is 262 g/mol. The van der Waals surface area contributed by atoms with Gasteiger partial charge in [-0.25, -0.2) is 4.99 Å². The molecule has 0 aliphatic rings.